The second kappa shape index (κ2) is 8.21. The molecule has 86 valence electrons. The zero-order chi connectivity index (χ0) is 11.0. The van der Waals surface area contributed by atoms with Crippen molar-refractivity contribution in [2.24, 2.45) is 0 Å². The van der Waals surface area contributed by atoms with Gasteiger partial charge in [0.05, 0.1) is 31.5 Å². The minimum absolute atomic E-state index is 0.0604. The SMILES string of the molecule is CCC(CC)OCC(C)OCC(C)O. The summed E-state index contributed by atoms with van der Waals surface area (Å²) < 4.78 is 11.0. The Labute approximate surface area is 87.4 Å². The van der Waals surface area contributed by atoms with Crippen molar-refractivity contribution >= 4 is 0 Å². The molecule has 0 saturated heterocycles. The van der Waals surface area contributed by atoms with Gasteiger partial charge in [-0.25, -0.2) is 0 Å². The lowest BCUT2D eigenvalue weighted by atomic mass is 10.2. The molecular weight excluding hydrogens is 180 g/mol. The van der Waals surface area contributed by atoms with E-state index >= 15 is 0 Å². The maximum Gasteiger partial charge on any atom is 0.0781 e. The van der Waals surface area contributed by atoms with E-state index in [-0.39, 0.29) is 6.10 Å². The number of aliphatic hydroxyl groups is 1. The predicted octanol–water partition coefficient (Wildman–Crippen LogP) is 1.98. The van der Waals surface area contributed by atoms with Gasteiger partial charge in [0, 0.05) is 0 Å². The minimum Gasteiger partial charge on any atom is -0.391 e. The zero-order valence-electron chi connectivity index (χ0n) is 9.82. The molecule has 0 fully saturated rings. The summed E-state index contributed by atoms with van der Waals surface area (Å²) in [6, 6.07) is 0. The van der Waals surface area contributed by atoms with Gasteiger partial charge in [-0.05, 0) is 26.7 Å². The fourth-order valence-corrected chi connectivity index (χ4v) is 1.15. The summed E-state index contributed by atoms with van der Waals surface area (Å²) in [4.78, 5) is 0. The molecule has 0 rings (SSSR count). The Bertz CT molecular complexity index is 122. The van der Waals surface area contributed by atoms with Gasteiger partial charge in [0.25, 0.3) is 0 Å². The van der Waals surface area contributed by atoms with E-state index in [0.29, 0.717) is 19.3 Å². The largest absolute Gasteiger partial charge is 0.391 e. The minimum atomic E-state index is -0.398. The van der Waals surface area contributed by atoms with Crippen molar-refractivity contribution < 1.29 is 14.6 Å². The first-order chi connectivity index (χ1) is 6.60. The number of hydrogen-bond acceptors (Lipinski definition) is 3. The Kier molecular flexibility index (Phi) is 8.14. The molecule has 2 unspecified atom stereocenters. The van der Waals surface area contributed by atoms with E-state index in [1.807, 2.05) is 6.92 Å². The van der Waals surface area contributed by atoms with Crippen LogP contribution in [0.5, 0.6) is 0 Å². The summed E-state index contributed by atoms with van der Waals surface area (Å²) in [6.07, 6.45) is 2.09. The molecule has 0 bridgehead atoms. The standard InChI is InChI=1S/C11H24O3/c1-5-11(6-2)14-8-10(4)13-7-9(3)12/h9-12H,5-8H2,1-4H3. The number of hydrogen-bond donors (Lipinski definition) is 1. The van der Waals surface area contributed by atoms with Gasteiger partial charge in [-0.2, -0.15) is 0 Å². The van der Waals surface area contributed by atoms with Crippen molar-refractivity contribution in [2.75, 3.05) is 13.2 Å². The average Bonchev–Trinajstić information content (AvgIpc) is 2.16. The van der Waals surface area contributed by atoms with Crippen molar-refractivity contribution in [1.82, 2.24) is 0 Å². The molecule has 2 atom stereocenters. The molecule has 0 spiro atoms. The lowest BCUT2D eigenvalue weighted by Gasteiger charge is -2.18. The van der Waals surface area contributed by atoms with E-state index in [0.717, 1.165) is 12.8 Å². The number of ether oxygens (including phenoxy) is 2. The summed E-state index contributed by atoms with van der Waals surface area (Å²) in [7, 11) is 0. The molecule has 0 heterocycles. The molecule has 0 aromatic rings. The molecule has 0 aromatic heterocycles. The van der Waals surface area contributed by atoms with Gasteiger partial charge in [-0.1, -0.05) is 13.8 Å². The van der Waals surface area contributed by atoms with E-state index in [2.05, 4.69) is 13.8 Å². The van der Waals surface area contributed by atoms with Gasteiger partial charge in [0.1, 0.15) is 0 Å². The van der Waals surface area contributed by atoms with Crippen LogP contribution in [0.3, 0.4) is 0 Å². The molecular formula is C11H24O3. The van der Waals surface area contributed by atoms with E-state index < -0.39 is 6.10 Å². The Balaban J connectivity index is 3.46. The summed E-state index contributed by atoms with van der Waals surface area (Å²) in [6.45, 7) is 8.91. The second-order valence-corrected chi connectivity index (χ2v) is 3.76. The van der Waals surface area contributed by atoms with E-state index in [4.69, 9.17) is 14.6 Å². The molecule has 0 aliphatic heterocycles. The van der Waals surface area contributed by atoms with Crippen LogP contribution in [0.1, 0.15) is 40.5 Å². The lowest BCUT2D eigenvalue weighted by molar-refractivity contribution is -0.0575. The summed E-state index contributed by atoms with van der Waals surface area (Å²) in [5.74, 6) is 0. The van der Waals surface area contributed by atoms with Crippen LogP contribution in [0.15, 0.2) is 0 Å². The van der Waals surface area contributed by atoms with Gasteiger partial charge < -0.3 is 14.6 Å². The normalized spacial score (nSPS) is 15.9. The van der Waals surface area contributed by atoms with E-state index in [1.54, 1.807) is 6.92 Å². The molecule has 0 saturated carbocycles. The fraction of sp³-hybridized carbons (Fsp3) is 1.00. The van der Waals surface area contributed by atoms with Crippen LogP contribution in [0.4, 0.5) is 0 Å². The first-order valence-electron chi connectivity index (χ1n) is 5.51. The second-order valence-electron chi connectivity index (χ2n) is 3.76. The van der Waals surface area contributed by atoms with Crippen LogP contribution in [0.25, 0.3) is 0 Å². The topological polar surface area (TPSA) is 38.7 Å². The molecule has 0 aliphatic rings. The molecule has 3 heteroatoms. The fourth-order valence-electron chi connectivity index (χ4n) is 1.15. The maximum atomic E-state index is 9.01. The third kappa shape index (κ3) is 7.30. The van der Waals surface area contributed by atoms with Crippen LogP contribution in [0.2, 0.25) is 0 Å². The predicted molar refractivity (Wildman–Crippen MR) is 57.4 cm³/mol. The monoisotopic (exact) mass is 204 g/mol. The molecule has 14 heavy (non-hydrogen) atoms. The van der Waals surface area contributed by atoms with E-state index in [1.165, 1.54) is 0 Å². The Morgan fingerprint density at radius 3 is 2.00 bits per heavy atom. The smallest absolute Gasteiger partial charge is 0.0781 e. The van der Waals surface area contributed by atoms with Crippen LogP contribution >= 0.6 is 0 Å². The van der Waals surface area contributed by atoms with E-state index in [9.17, 15) is 0 Å². The lowest BCUT2D eigenvalue weighted by Crippen LogP contribution is -2.24. The maximum absolute atomic E-state index is 9.01. The Morgan fingerprint density at radius 2 is 1.57 bits per heavy atom. The highest BCUT2D eigenvalue weighted by molar-refractivity contribution is 4.55. The number of aliphatic hydroxyl groups excluding tert-OH is 1. The third-order valence-corrected chi connectivity index (χ3v) is 2.10. The molecule has 1 N–H and O–H groups in total. The molecule has 3 nitrogen and oxygen atoms in total. The molecule has 0 radical (unpaired) electrons. The van der Waals surface area contributed by atoms with Crippen molar-refractivity contribution in [3.63, 3.8) is 0 Å². The first kappa shape index (κ1) is 13.9. The van der Waals surface area contributed by atoms with Gasteiger partial charge in [-0.15, -0.1) is 0 Å². The van der Waals surface area contributed by atoms with Gasteiger partial charge >= 0.3 is 0 Å². The van der Waals surface area contributed by atoms with Gasteiger partial charge in [0.2, 0.25) is 0 Å². The van der Waals surface area contributed by atoms with Crippen molar-refractivity contribution in [3.05, 3.63) is 0 Å². The van der Waals surface area contributed by atoms with Gasteiger partial charge in [0.15, 0.2) is 0 Å². The summed E-state index contributed by atoms with van der Waals surface area (Å²) in [5.41, 5.74) is 0. The highest BCUT2D eigenvalue weighted by atomic mass is 16.5. The highest BCUT2D eigenvalue weighted by Crippen LogP contribution is 2.04. The number of rotatable bonds is 8. The van der Waals surface area contributed by atoms with Crippen molar-refractivity contribution in [3.8, 4) is 0 Å². The highest BCUT2D eigenvalue weighted by Gasteiger charge is 2.08. The average molecular weight is 204 g/mol. The van der Waals surface area contributed by atoms with Crippen molar-refractivity contribution in [2.45, 2.75) is 58.8 Å². The molecule has 0 amide bonds. The quantitative estimate of drug-likeness (QED) is 0.657. The molecule has 0 aromatic carbocycles. The van der Waals surface area contributed by atoms with Crippen LogP contribution < -0.4 is 0 Å². The van der Waals surface area contributed by atoms with Gasteiger partial charge in [-0.3, -0.25) is 0 Å². The summed E-state index contributed by atoms with van der Waals surface area (Å²) >= 11 is 0. The van der Waals surface area contributed by atoms with Crippen LogP contribution in [-0.4, -0.2) is 36.6 Å². The van der Waals surface area contributed by atoms with Crippen molar-refractivity contribution in [1.29, 1.82) is 0 Å². The third-order valence-electron chi connectivity index (χ3n) is 2.10. The Morgan fingerprint density at radius 1 is 1.00 bits per heavy atom. The van der Waals surface area contributed by atoms with Crippen LogP contribution in [-0.2, 0) is 9.47 Å². The zero-order valence-corrected chi connectivity index (χ0v) is 9.82. The molecule has 0 aliphatic carbocycles. The van der Waals surface area contributed by atoms with Crippen LogP contribution in [0, 0.1) is 0 Å². The Hall–Kier alpha value is -0.120. The summed E-state index contributed by atoms with van der Waals surface area (Å²) in [5, 5.41) is 9.01. The first-order valence-corrected chi connectivity index (χ1v) is 5.51.